The molecule has 0 aromatic heterocycles. The molecule has 2 fully saturated rings. The van der Waals surface area contributed by atoms with Gasteiger partial charge in [-0.25, -0.2) is 13.1 Å². The monoisotopic (exact) mass is 712 g/mol. The SMILES string of the molecule is C=C(C)[C@H](O)C[C@]1(OC)/C=C/C[C@H](C)[C@@H](C)S(=O)(=O)NC(=O)c2ccc3c(c2)N(C[C@@H]2CC[C@H]21)C[C@@]1(CCCC2=CC(Cl)=CCC21C)CO3. The van der Waals surface area contributed by atoms with Crippen molar-refractivity contribution in [1.82, 2.24) is 4.72 Å². The van der Waals surface area contributed by atoms with Crippen molar-refractivity contribution in [2.24, 2.45) is 28.6 Å². The Morgan fingerprint density at radius 2 is 2.06 bits per heavy atom. The normalized spacial score (nSPS) is 37.1. The third kappa shape index (κ3) is 6.54. The van der Waals surface area contributed by atoms with Gasteiger partial charge in [0.15, 0.2) is 0 Å². The van der Waals surface area contributed by atoms with Gasteiger partial charge in [-0.1, -0.05) is 61.4 Å². The first-order valence-corrected chi connectivity index (χ1v) is 19.8. The van der Waals surface area contributed by atoms with Crippen molar-refractivity contribution >= 4 is 33.2 Å². The Bertz CT molecular complexity index is 1690. The fourth-order valence-corrected chi connectivity index (χ4v) is 10.6. The number of halogens is 1. The molecule has 2 aliphatic heterocycles. The maximum atomic E-state index is 13.6. The molecule has 268 valence electrons. The number of anilines is 1. The summed E-state index contributed by atoms with van der Waals surface area (Å²) in [7, 11) is -2.27. The fourth-order valence-electron chi connectivity index (χ4n) is 9.10. The summed E-state index contributed by atoms with van der Waals surface area (Å²) < 4.78 is 42.5. The summed E-state index contributed by atoms with van der Waals surface area (Å²) in [6.07, 6.45) is 14.2. The van der Waals surface area contributed by atoms with Gasteiger partial charge in [-0.15, -0.1) is 0 Å². The number of nitrogens with one attached hydrogen (secondary N) is 1. The molecule has 8 atom stereocenters. The number of allylic oxidation sites excluding steroid dienone is 5. The highest BCUT2D eigenvalue weighted by molar-refractivity contribution is 7.90. The molecule has 3 aliphatic carbocycles. The van der Waals surface area contributed by atoms with E-state index in [0.717, 1.165) is 49.2 Å². The van der Waals surface area contributed by atoms with Crippen molar-refractivity contribution in [3.8, 4) is 5.75 Å². The van der Waals surface area contributed by atoms with Gasteiger partial charge >= 0.3 is 0 Å². The lowest BCUT2D eigenvalue weighted by Gasteiger charge is -2.56. The summed E-state index contributed by atoms with van der Waals surface area (Å²) in [6, 6.07) is 5.29. The Balaban J connectivity index is 1.47. The summed E-state index contributed by atoms with van der Waals surface area (Å²) in [5, 5.41) is 11.1. The zero-order chi connectivity index (χ0) is 35.4. The van der Waals surface area contributed by atoms with Gasteiger partial charge in [0, 0.05) is 48.0 Å². The van der Waals surface area contributed by atoms with Crippen LogP contribution in [0.15, 0.2) is 65.3 Å². The highest BCUT2D eigenvalue weighted by atomic mass is 35.5. The first-order valence-electron chi connectivity index (χ1n) is 17.8. The van der Waals surface area contributed by atoms with E-state index in [-0.39, 0.29) is 34.1 Å². The number of fused-ring (bicyclic) bond motifs is 4. The molecule has 1 aromatic rings. The molecule has 1 spiro atoms. The molecule has 49 heavy (non-hydrogen) atoms. The molecule has 0 radical (unpaired) electrons. The molecule has 1 unspecified atom stereocenters. The summed E-state index contributed by atoms with van der Waals surface area (Å²) >= 11 is 6.55. The second-order valence-corrected chi connectivity index (χ2v) is 18.2. The Labute approximate surface area is 297 Å². The van der Waals surface area contributed by atoms with E-state index in [1.165, 1.54) is 5.57 Å². The van der Waals surface area contributed by atoms with Crippen LogP contribution in [0, 0.1) is 28.6 Å². The molecule has 5 aliphatic rings. The van der Waals surface area contributed by atoms with E-state index in [9.17, 15) is 18.3 Å². The van der Waals surface area contributed by atoms with E-state index in [1.807, 2.05) is 26.0 Å². The lowest BCUT2D eigenvalue weighted by atomic mass is 9.52. The van der Waals surface area contributed by atoms with Crippen molar-refractivity contribution in [3.05, 3.63) is 70.8 Å². The van der Waals surface area contributed by atoms with Crippen molar-refractivity contribution in [2.75, 3.05) is 31.7 Å². The van der Waals surface area contributed by atoms with Crippen LogP contribution in [0.5, 0.6) is 5.75 Å². The smallest absolute Gasteiger partial charge is 0.264 e. The van der Waals surface area contributed by atoms with Crippen LogP contribution in [-0.4, -0.2) is 63.2 Å². The molecule has 10 heteroatoms. The van der Waals surface area contributed by atoms with Crippen LogP contribution in [0.2, 0.25) is 0 Å². The predicted octanol–water partition coefficient (Wildman–Crippen LogP) is 7.30. The average molecular weight is 713 g/mol. The van der Waals surface area contributed by atoms with Crippen LogP contribution in [0.1, 0.15) is 89.4 Å². The van der Waals surface area contributed by atoms with Crippen molar-refractivity contribution in [2.45, 2.75) is 96.0 Å². The number of aliphatic hydroxyl groups is 1. The van der Waals surface area contributed by atoms with Crippen LogP contribution in [-0.2, 0) is 14.8 Å². The molecule has 2 saturated carbocycles. The molecule has 2 heterocycles. The summed E-state index contributed by atoms with van der Waals surface area (Å²) in [5.41, 5.74) is 1.97. The summed E-state index contributed by atoms with van der Waals surface area (Å²) in [5.74, 6) is 0.115. The zero-order valence-electron chi connectivity index (χ0n) is 29.6. The van der Waals surface area contributed by atoms with Gasteiger partial charge in [-0.05, 0) is 101 Å². The second-order valence-electron chi connectivity index (χ2n) is 15.7. The van der Waals surface area contributed by atoms with Gasteiger partial charge in [-0.2, -0.15) is 0 Å². The number of benzene rings is 1. The highest BCUT2D eigenvalue weighted by Crippen LogP contribution is 2.60. The molecular formula is C39H53ClN2O6S. The quantitative estimate of drug-likeness (QED) is 0.316. The second kappa shape index (κ2) is 13.5. The minimum Gasteiger partial charge on any atom is -0.491 e. The molecule has 6 rings (SSSR count). The number of aliphatic hydroxyl groups excluding tert-OH is 1. The summed E-state index contributed by atoms with van der Waals surface area (Å²) in [4.78, 5) is 16.0. The van der Waals surface area contributed by atoms with Gasteiger partial charge in [0.05, 0.1) is 29.2 Å². The van der Waals surface area contributed by atoms with Gasteiger partial charge in [0.2, 0.25) is 10.0 Å². The number of rotatable bonds is 4. The summed E-state index contributed by atoms with van der Waals surface area (Å²) in [6.45, 7) is 13.7. The first kappa shape index (κ1) is 36.2. The number of nitrogens with zero attached hydrogens (tertiary/aromatic N) is 1. The zero-order valence-corrected chi connectivity index (χ0v) is 31.2. The molecule has 0 saturated heterocycles. The minimum atomic E-state index is -3.98. The Morgan fingerprint density at radius 1 is 1.29 bits per heavy atom. The Morgan fingerprint density at radius 3 is 2.76 bits per heavy atom. The average Bonchev–Trinajstić information content (AvgIpc) is 3.20. The number of sulfonamides is 1. The van der Waals surface area contributed by atoms with Crippen LogP contribution < -0.4 is 14.4 Å². The Kier molecular flexibility index (Phi) is 9.99. The molecule has 2 bridgehead atoms. The topological polar surface area (TPSA) is 105 Å². The number of carbonyl (C=O) groups excluding carboxylic acids is 1. The van der Waals surface area contributed by atoms with Gasteiger partial charge in [0.1, 0.15) is 5.75 Å². The van der Waals surface area contributed by atoms with Gasteiger partial charge in [0.25, 0.3) is 5.91 Å². The number of methoxy groups -OCH3 is 1. The minimum absolute atomic E-state index is 0.107. The molecule has 2 N–H and O–H groups in total. The van der Waals surface area contributed by atoms with Gasteiger partial charge < -0.3 is 19.5 Å². The third-order valence-electron chi connectivity index (χ3n) is 13.0. The molecular weight excluding hydrogens is 660 g/mol. The Hall–Kier alpha value is -2.59. The van der Waals surface area contributed by atoms with E-state index in [4.69, 9.17) is 21.1 Å². The maximum absolute atomic E-state index is 13.6. The number of carbonyl (C=O) groups is 1. The van der Waals surface area contributed by atoms with Crippen molar-refractivity contribution < 1.29 is 27.8 Å². The highest BCUT2D eigenvalue weighted by Gasteiger charge is 2.56. The van der Waals surface area contributed by atoms with Gasteiger partial charge in [-0.3, -0.25) is 4.79 Å². The first-order chi connectivity index (χ1) is 23.1. The van der Waals surface area contributed by atoms with Crippen LogP contribution in [0.25, 0.3) is 0 Å². The van der Waals surface area contributed by atoms with Crippen LogP contribution in [0.4, 0.5) is 5.69 Å². The maximum Gasteiger partial charge on any atom is 0.264 e. The van der Waals surface area contributed by atoms with Crippen LogP contribution >= 0.6 is 11.6 Å². The number of amides is 1. The van der Waals surface area contributed by atoms with E-state index in [0.29, 0.717) is 43.9 Å². The van der Waals surface area contributed by atoms with E-state index in [2.05, 4.69) is 41.4 Å². The standard InChI is InChI=1S/C39H53ClN2O6S/c1-25(2)34(43)21-39(47-6)17-7-9-26(3)27(4)49(45,46)41-36(44)28-12-14-35-33(19-28)42(22-29-11-13-32(29)39)23-38(24-48-35)16-8-10-30-20-31(40)15-18-37(30,38)5/h7,12,14-15,17,19-20,26-27,29,32,34,43H,1,8-11,13,16,18,21-24H2,2-6H3,(H,41,44)/b17-7+/t26-,27+,29-,32+,34+,37?,38-,39+/m0/s1. The van der Waals surface area contributed by atoms with Crippen molar-refractivity contribution in [3.63, 3.8) is 0 Å². The van der Waals surface area contributed by atoms with E-state index < -0.39 is 32.9 Å². The number of hydrogen-bond donors (Lipinski definition) is 2. The molecule has 1 amide bonds. The lowest BCUT2D eigenvalue weighted by Crippen LogP contribution is -2.56. The van der Waals surface area contributed by atoms with E-state index in [1.54, 1.807) is 26.2 Å². The van der Waals surface area contributed by atoms with Crippen LogP contribution in [0.3, 0.4) is 0 Å². The lowest BCUT2D eigenvalue weighted by molar-refractivity contribution is -0.0946. The van der Waals surface area contributed by atoms with Crippen molar-refractivity contribution in [1.29, 1.82) is 0 Å². The fraction of sp³-hybridized carbons (Fsp3) is 0.615. The number of hydrogen-bond acceptors (Lipinski definition) is 7. The molecule has 1 aromatic carbocycles. The molecule has 8 nitrogen and oxygen atoms in total. The third-order valence-corrected chi connectivity index (χ3v) is 15.1. The number of ether oxygens (including phenoxy) is 2. The predicted molar refractivity (Wildman–Crippen MR) is 195 cm³/mol. The largest absolute Gasteiger partial charge is 0.491 e. The van der Waals surface area contributed by atoms with E-state index >= 15 is 0 Å².